The minimum Gasteiger partial charge on any atom is -0.463 e. The highest BCUT2D eigenvalue weighted by Gasteiger charge is 2.24. The topological polar surface area (TPSA) is 113 Å². The van der Waals surface area contributed by atoms with Gasteiger partial charge in [0.2, 0.25) is 0 Å². The van der Waals surface area contributed by atoms with Crippen molar-refractivity contribution in [2.24, 2.45) is 5.73 Å². The Morgan fingerprint density at radius 1 is 1.38 bits per heavy atom. The van der Waals surface area contributed by atoms with Gasteiger partial charge in [0, 0.05) is 24.8 Å². The average molecular weight is 396 g/mol. The van der Waals surface area contributed by atoms with Crippen LogP contribution >= 0.6 is 0 Å². The third-order valence-electron chi connectivity index (χ3n) is 4.36. The van der Waals surface area contributed by atoms with Gasteiger partial charge in [0.15, 0.2) is 0 Å². The van der Waals surface area contributed by atoms with Gasteiger partial charge >= 0.3 is 5.97 Å². The van der Waals surface area contributed by atoms with Gasteiger partial charge in [-0.3, -0.25) is 5.41 Å². The molecular weight excluding hydrogens is 368 g/mol. The van der Waals surface area contributed by atoms with Gasteiger partial charge in [0.1, 0.15) is 11.7 Å². The molecule has 7 nitrogen and oxygen atoms in total. The first kappa shape index (κ1) is 22.0. The molecule has 7 heteroatoms. The number of hydrogen-bond donors (Lipinski definition) is 4. The van der Waals surface area contributed by atoms with Crippen LogP contribution in [0.1, 0.15) is 30.2 Å². The van der Waals surface area contributed by atoms with Crippen LogP contribution in [0.5, 0.6) is 0 Å². The lowest BCUT2D eigenvalue weighted by Gasteiger charge is -2.12. The summed E-state index contributed by atoms with van der Waals surface area (Å²) in [6.07, 6.45) is 5.01. The van der Waals surface area contributed by atoms with Crippen LogP contribution in [0.2, 0.25) is 0 Å². The summed E-state index contributed by atoms with van der Waals surface area (Å²) in [4.78, 5) is 11.9. The second-order valence-electron chi connectivity index (χ2n) is 6.43. The summed E-state index contributed by atoms with van der Waals surface area (Å²) >= 11 is 0. The number of nitrogens with two attached hydrogens (primary N) is 1. The maximum absolute atomic E-state index is 11.9. The Balaban J connectivity index is 2.80. The van der Waals surface area contributed by atoms with E-state index < -0.39 is 5.97 Å². The van der Waals surface area contributed by atoms with Gasteiger partial charge in [-0.15, -0.1) is 0 Å². The minimum absolute atomic E-state index is 0.00199. The molecule has 1 aromatic carbocycles. The van der Waals surface area contributed by atoms with Crippen molar-refractivity contribution in [3.63, 3.8) is 0 Å². The predicted octanol–water partition coefficient (Wildman–Crippen LogP) is 3.26. The van der Waals surface area contributed by atoms with E-state index in [0.717, 1.165) is 16.7 Å². The fourth-order valence-corrected chi connectivity index (χ4v) is 3.13. The average Bonchev–Trinajstić information content (AvgIpc) is 2.99. The zero-order chi connectivity index (χ0) is 21.4. The first-order chi connectivity index (χ1) is 13.9. The molecule has 2 rings (SSSR count). The van der Waals surface area contributed by atoms with Crippen molar-refractivity contribution in [1.29, 1.82) is 5.41 Å². The maximum atomic E-state index is 11.9. The van der Waals surface area contributed by atoms with Crippen molar-refractivity contribution < 1.29 is 14.6 Å². The Hall–Kier alpha value is -3.32. The number of aliphatic hydroxyl groups excluding tert-OH is 1. The number of aliphatic hydroxyl groups is 1. The van der Waals surface area contributed by atoms with Crippen molar-refractivity contribution in [3.8, 4) is 11.1 Å². The number of hydrogen-bond acceptors (Lipinski definition) is 5. The molecule has 0 fully saturated rings. The number of carbonyl (C=O) groups excluding carboxylic acids is 1. The molecule has 0 unspecified atom stereocenters. The number of benzene rings is 1. The highest BCUT2D eigenvalue weighted by molar-refractivity contribution is 6.09. The largest absolute Gasteiger partial charge is 0.463 e. The number of esters is 1. The fourth-order valence-electron chi connectivity index (χ4n) is 3.13. The van der Waals surface area contributed by atoms with Crippen LogP contribution in [0.3, 0.4) is 0 Å². The molecule has 0 saturated carbocycles. The van der Waals surface area contributed by atoms with Gasteiger partial charge in [-0.05, 0) is 38.1 Å². The fraction of sp³-hybridized carbons (Fsp3) is 0.273. The summed E-state index contributed by atoms with van der Waals surface area (Å²) in [5, 5.41) is 20.6. The number of nitrogen functional groups attached to an aromatic ring is 1. The Bertz CT molecular complexity index is 911. The monoisotopic (exact) mass is 396 g/mol. The third kappa shape index (κ3) is 5.14. The zero-order valence-electron chi connectivity index (χ0n) is 16.9. The van der Waals surface area contributed by atoms with Crippen LogP contribution in [-0.2, 0) is 16.1 Å². The highest BCUT2D eigenvalue weighted by atomic mass is 16.5. The van der Waals surface area contributed by atoms with Crippen LogP contribution in [0.15, 0.2) is 43.1 Å². The molecule has 0 bridgehead atoms. The molecule has 0 atom stereocenters. The van der Waals surface area contributed by atoms with E-state index in [9.17, 15) is 9.90 Å². The number of nitrogens with one attached hydrogen (secondary N) is 2. The Labute approximate surface area is 171 Å². The summed E-state index contributed by atoms with van der Waals surface area (Å²) < 4.78 is 6.89. The molecule has 0 aliphatic rings. The van der Waals surface area contributed by atoms with Crippen LogP contribution in [0.25, 0.3) is 17.2 Å². The van der Waals surface area contributed by atoms with E-state index in [1.54, 1.807) is 13.0 Å². The van der Waals surface area contributed by atoms with Gasteiger partial charge in [-0.2, -0.15) is 0 Å². The maximum Gasteiger partial charge on any atom is 0.330 e. The van der Waals surface area contributed by atoms with Gasteiger partial charge in [-0.25, -0.2) is 4.79 Å². The van der Waals surface area contributed by atoms with E-state index in [-0.39, 0.29) is 19.0 Å². The number of aromatic nitrogens is 1. The molecule has 1 aromatic heterocycles. The smallest absolute Gasteiger partial charge is 0.330 e. The van der Waals surface area contributed by atoms with E-state index in [2.05, 4.69) is 11.9 Å². The molecule has 154 valence electrons. The summed E-state index contributed by atoms with van der Waals surface area (Å²) in [7, 11) is 0. The van der Waals surface area contributed by atoms with E-state index in [1.165, 1.54) is 12.3 Å². The first-order valence-corrected chi connectivity index (χ1v) is 9.45. The summed E-state index contributed by atoms with van der Waals surface area (Å²) in [5.41, 5.74) is 9.84. The summed E-state index contributed by atoms with van der Waals surface area (Å²) in [6, 6.07) is 7.85. The third-order valence-corrected chi connectivity index (χ3v) is 4.36. The van der Waals surface area contributed by atoms with Crippen molar-refractivity contribution in [1.82, 2.24) is 4.57 Å². The lowest BCUT2D eigenvalue weighted by atomic mass is 9.99. The number of aryl methyl sites for hydroxylation is 1. The van der Waals surface area contributed by atoms with Crippen molar-refractivity contribution >= 4 is 23.7 Å². The SMILES string of the molecule is C=CNc1c(C(=N)N)c(-c2ccc(C)cc2)c(/C=C/C(=O)OCC)n1CCCO. The molecule has 2 aromatic rings. The molecule has 0 saturated heterocycles. The molecule has 29 heavy (non-hydrogen) atoms. The summed E-state index contributed by atoms with van der Waals surface area (Å²) in [5.74, 6) is 0.0124. The lowest BCUT2D eigenvalue weighted by Crippen LogP contribution is -2.14. The molecule has 0 radical (unpaired) electrons. The van der Waals surface area contributed by atoms with Crippen molar-refractivity contribution in [2.45, 2.75) is 26.8 Å². The van der Waals surface area contributed by atoms with Crippen LogP contribution < -0.4 is 11.1 Å². The second-order valence-corrected chi connectivity index (χ2v) is 6.43. The number of amidine groups is 1. The first-order valence-electron chi connectivity index (χ1n) is 9.45. The Morgan fingerprint density at radius 2 is 2.07 bits per heavy atom. The standard InChI is InChI=1S/C22H28N4O3/c1-4-25-22-20(21(23)24)19(16-9-7-15(3)8-10-16)17(26(22)13-6-14-27)11-12-18(28)29-5-2/h4,7-12,25,27H,1,5-6,13-14H2,2-3H3,(H3,23,24)/b12-11+. The number of ether oxygens (including phenoxy) is 1. The molecular formula is C22H28N4O3. The van der Waals surface area contributed by atoms with Gasteiger partial charge in [0.25, 0.3) is 0 Å². The Morgan fingerprint density at radius 3 is 2.62 bits per heavy atom. The molecule has 0 spiro atoms. The minimum atomic E-state index is -0.458. The Kier molecular flexibility index (Phi) is 7.79. The molecule has 0 aliphatic carbocycles. The zero-order valence-corrected chi connectivity index (χ0v) is 16.9. The van der Waals surface area contributed by atoms with Crippen LogP contribution in [0.4, 0.5) is 5.82 Å². The number of rotatable bonds is 10. The van der Waals surface area contributed by atoms with Crippen LogP contribution in [-0.4, -0.2) is 34.7 Å². The van der Waals surface area contributed by atoms with E-state index >= 15 is 0 Å². The highest BCUT2D eigenvalue weighted by Crippen LogP contribution is 2.37. The molecule has 1 heterocycles. The summed E-state index contributed by atoms with van der Waals surface area (Å²) in [6.45, 7) is 8.20. The number of nitrogens with zero attached hydrogens (tertiary/aromatic N) is 1. The number of anilines is 1. The number of carbonyl (C=O) groups is 1. The predicted molar refractivity (Wildman–Crippen MR) is 117 cm³/mol. The quantitative estimate of drug-likeness (QED) is 0.213. The second kappa shape index (κ2) is 10.3. The van der Waals surface area contributed by atoms with Gasteiger partial charge in [-0.1, -0.05) is 36.4 Å². The van der Waals surface area contributed by atoms with E-state index in [4.69, 9.17) is 15.9 Å². The van der Waals surface area contributed by atoms with Crippen LogP contribution in [0, 0.1) is 12.3 Å². The van der Waals surface area contributed by atoms with Crippen molar-refractivity contribution in [2.75, 3.05) is 18.5 Å². The molecule has 0 aliphatic heterocycles. The van der Waals surface area contributed by atoms with E-state index in [1.807, 2.05) is 35.8 Å². The lowest BCUT2D eigenvalue weighted by molar-refractivity contribution is -0.137. The molecule has 0 amide bonds. The molecule has 5 N–H and O–H groups in total. The normalized spacial score (nSPS) is 10.9. The van der Waals surface area contributed by atoms with Gasteiger partial charge in [0.05, 0.1) is 17.9 Å². The van der Waals surface area contributed by atoms with Crippen molar-refractivity contribution in [3.05, 3.63) is 59.9 Å². The van der Waals surface area contributed by atoms with E-state index in [0.29, 0.717) is 30.0 Å². The van der Waals surface area contributed by atoms with Gasteiger partial charge < -0.3 is 25.5 Å².